The van der Waals surface area contributed by atoms with E-state index in [4.69, 9.17) is 26.3 Å². The number of benzene rings is 1. The van der Waals surface area contributed by atoms with E-state index in [-0.39, 0.29) is 17.1 Å². The number of Topliss-reactive ketones (excluding diaryl/α,β-unsaturated/α-hetero) is 1. The molecule has 0 unspecified atom stereocenters. The highest BCUT2D eigenvalue weighted by atomic mass is 35.5. The van der Waals surface area contributed by atoms with Crippen LogP contribution in [0.4, 0.5) is 10.2 Å². The molecule has 2 aromatic rings. The topological polar surface area (TPSA) is 90.8 Å². The van der Waals surface area contributed by atoms with Crippen LogP contribution in [0.1, 0.15) is 72.1 Å². The van der Waals surface area contributed by atoms with E-state index < -0.39 is 11.6 Å². The number of halogens is 2. The number of hydrogen-bond acceptors (Lipinski definition) is 8. The molecule has 5 atom stereocenters. The fourth-order valence-corrected chi connectivity index (χ4v) is 9.10. The van der Waals surface area contributed by atoms with Gasteiger partial charge in [0, 0.05) is 67.5 Å². The Morgan fingerprint density at radius 1 is 1.15 bits per heavy atom. The number of ether oxygens (including phenoxy) is 1. The number of carbonyl (C=O) groups excluding carboxylic acids is 1. The van der Waals surface area contributed by atoms with Crippen molar-refractivity contribution in [3.63, 3.8) is 0 Å². The number of hydrogen-bond donors (Lipinski definition) is 2. The minimum Gasteiger partial charge on any atom is -0.508 e. The minimum atomic E-state index is -0.816. The van der Waals surface area contributed by atoms with Gasteiger partial charge in [-0.3, -0.25) is 9.69 Å². The van der Waals surface area contributed by atoms with E-state index in [0.717, 1.165) is 68.0 Å². The Bertz CT molecular complexity index is 1400. The Balaban J connectivity index is 1.17. The van der Waals surface area contributed by atoms with Crippen molar-refractivity contribution in [3.8, 4) is 11.8 Å². The number of anilines is 1. The molecule has 2 N–H and O–H groups in total. The molecule has 8 rings (SSSR count). The van der Waals surface area contributed by atoms with Crippen molar-refractivity contribution in [3.05, 3.63) is 39.5 Å². The van der Waals surface area contributed by atoms with Gasteiger partial charge in [0.15, 0.2) is 5.78 Å². The number of alkyl halides is 1. The van der Waals surface area contributed by atoms with Gasteiger partial charge in [-0.2, -0.15) is 9.97 Å². The quantitative estimate of drug-likeness (QED) is 0.577. The molecule has 1 aromatic heterocycles. The van der Waals surface area contributed by atoms with E-state index in [1.165, 1.54) is 18.9 Å². The van der Waals surface area contributed by atoms with Crippen molar-refractivity contribution in [1.82, 2.24) is 20.2 Å². The summed E-state index contributed by atoms with van der Waals surface area (Å²) < 4.78 is 20.8. The lowest BCUT2D eigenvalue weighted by Crippen LogP contribution is -2.52. The molecule has 5 heterocycles. The molecule has 6 aliphatic rings. The number of ketones is 1. The van der Waals surface area contributed by atoms with E-state index >= 15 is 0 Å². The smallest absolute Gasteiger partial charge is 0.318 e. The third kappa shape index (κ3) is 3.87. The number of phenols is 1. The van der Waals surface area contributed by atoms with Crippen molar-refractivity contribution < 1.29 is 19.0 Å². The van der Waals surface area contributed by atoms with Gasteiger partial charge in [0.2, 0.25) is 0 Å². The predicted molar refractivity (Wildman–Crippen MR) is 149 cm³/mol. The van der Waals surface area contributed by atoms with Crippen molar-refractivity contribution >= 4 is 23.2 Å². The number of aromatic nitrogens is 2. The van der Waals surface area contributed by atoms with Crippen LogP contribution in [0.5, 0.6) is 11.8 Å². The molecule has 212 valence electrons. The lowest BCUT2D eigenvalue weighted by atomic mass is 9.69. The summed E-state index contributed by atoms with van der Waals surface area (Å²) in [6, 6.07) is 4.43. The minimum absolute atomic E-state index is 0.0234. The largest absolute Gasteiger partial charge is 0.508 e. The summed E-state index contributed by atoms with van der Waals surface area (Å²) in [6.07, 6.45) is 6.44. The first kappa shape index (κ1) is 25.2. The molecule has 2 aliphatic carbocycles. The van der Waals surface area contributed by atoms with Gasteiger partial charge < -0.3 is 20.1 Å². The number of piperazine rings is 1. The summed E-state index contributed by atoms with van der Waals surface area (Å²) in [4.78, 5) is 27.8. The molecule has 10 heteroatoms. The van der Waals surface area contributed by atoms with Crippen molar-refractivity contribution in [2.45, 2.75) is 87.0 Å². The summed E-state index contributed by atoms with van der Waals surface area (Å²) in [5.74, 6) is 1.05. The van der Waals surface area contributed by atoms with Gasteiger partial charge in [-0.15, -0.1) is 0 Å². The molecule has 40 heavy (non-hydrogen) atoms. The van der Waals surface area contributed by atoms with Crippen LogP contribution in [0.2, 0.25) is 5.02 Å². The van der Waals surface area contributed by atoms with Gasteiger partial charge in [-0.25, -0.2) is 4.39 Å². The van der Waals surface area contributed by atoms with Crippen LogP contribution < -0.4 is 15.0 Å². The first-order valence-corrected chi connectivity index (χ1v) is 15.2. The van der Waals surface area contributed by atoms with Gasteiger partial charge in [0.1, 0.15) is 24.3 Å². The lowest BCUT2D eigenvalue weighted by Gasteiger charge is -2.39. The standard InChI is InChI=1S/C30H35ClFN5O3/c31-23-9-20(38)8-22-26(23)25(39)12-29(22)6-4-21-24(11-29)34-28(35-27(21)36-14-18-2-3-19(15-36)33-18)40-16-30-5-1-7-37(30)13-17(32)10-30/h8-9,17-19,33,38H,1-7,10-16H2/t17-,18-,19+,29-,30+/m1/s1. The van der Waals surface area contributed by atoms with Crippen molar-refractivity contribution in [2.75, 3.05) is 37.7 Å². The molecule has 0 amide bonds. The van der Waals surface area contributed by atoms with Crippen LogP contribution >= 0.6 is 11.6 Å². The highest BCUT2D eigenvalue weighted by Crippen LogP contribution is 2.51. The Morgan fingerprint density at radius 3 is 2.80 bits per heavy atom. The molecule has 1 spiro atoms. The maximum absolute atomic E-state index is 14.4. The second-order valence-electron chi connectivity index (χ2n) is 13.1. The molecule has 2 bridgehead atoms. The van der Waals surface area contributed by atoms with E-state index in [1.54, 1.807) is 6.07 Å². The molecular weight excluding hydrogens is 533 g/mol. The van der Waals surface area contributed by atoms with Crippen LogP contribution in [0.15, 0.2) is 12.1 Å². The normalized spacial score (nSPS) is 34.4. The van der Waals surface area contributed by atoms with Crippen LogP contribution in [0.25, 0.3) is 0 Å². The summed E-state index contributed by atoms with van der Waals surface area (Å²) in [5, 5.41) is 14.4. The number of carbonyl (C=O) groups is 1. The molecule has 4 saturated heterocycles. The SMILES string of the molecule is O=C1C[C@]2(CCc3c(nc(OC[C@@]45CCCN4C[C@H](F)C5)nc3N3C[C@H]4CC[C@@H](C3)N4)C2)c2cc(O)cc(Cl)c21. The molecule has 0 radical (unpaired) electrons. The lowest BCUT2D eigenvalue weighted by molar-refractivity contribution is 0.0968. The van der Waals surface area contributed by atoms with Gasteiger partial charge in [-0.1, -0.05) is 11.6 Å². The van der Waals surface area contributed by atoms with E-state index in [9.17, 15) is 14.3 Å². The Morgan fingerprint density at radius 2 is 1.98 bits per heavy atom. The number of nitrogens with zero attached hydrogens (tertiary/aromatic N) is 4. The third-order valence-electron chi connectivity index (χ3n) is 10.6. The first-order chi connectivity index (χ1) is 19.3. The zero-order valence-electron chi connectivity index (χ0n) is 22.6. The molecule has 4 aliphatic heterocycles. The number of nitrogens with one attached hydrogen (secondary N) is 1. The molecule has 0 saturated carbocycles. The summed E-state index contributed by atoms with van der Waals surface area (Å²) in [6.45, 7) is 3.57. The fourth-order valence-electron chi connectivity index (χ4n) is 8.78. The number of phenolic OH excluding ortho intramolecular Hbond substituents is 1. The van der Waals surface area contributed by atoms with Gasteiger partial charge in [0.05, 0.1) is 16.3 Å². The third-order valence-corrected chi connectivity index (χ3v) is 10.9. The monoisotopic (exact) mass is 567 g/mol. The van der Waals surface area contributed by atoms with Crippen LogP contribution in [0, 0.1) is 0 Å². The zero-order valence-corrected chi connectivity index (χ0v) is 23.4. The predicted octanol–water partition coefficient (Wildman–Crippen LogP) is 3.74. The fraction of sp³-hybridized carbons (Fsp3) is 0.633. The summed E-state index contributed by atoms with van der Waals surface area (Å²) in [5.41, 5.74) is 2.68. The highest BCUT2D eigenvalue weighted by Gasteiger charge is 2.50. The average Bonchev–Trinajstić information content (AvgIpc) is 3.62. The molecule has 1 aromatic carbocycles. The summed E-state index contributed by atoms with van der Waals surface area (Å²) >= 11 is 6.45. The average molecular weight is 568 g/mol. The Hall–Kier alpha value is -2.49. The molecular formula is C30H35ClFN5O3. The Kier molecular flexibility index (Phi) is 5.68. The van der Waals surface area contributed by atoms with Gasteiger partial charge in [0.25, 0.3) is 0 Å². The van der Waals surface area contributed by atoms with E-state index in [1.807, 2.05) is 0 Å². The van der Waals surface area contributed by atoms with Gasteiger partial charge >= 0.3 is 6.01 Å². The van der Waals surface area contributed by atoms with E-state index in [2.05, 4.69) is 15.1 Å². The number of fused-ring (bicyclic) bond motifs is 6. The second kappa shape index (κ2) is 9.00. The molecule has 4 fully saturated rings. The highest BCUT2D eigenvalue weighted by molar-refractivity contribution is 6.34. The van der Waals surface area contributed by atoms with E-state index in [0.29, 0.717) is 61.1 Å². The number of aromatic hydroxyl groups is 1. The van der Waals surface area contributed by atoms with Gasteiger partial charge in [-0.05, 0) is 62.8 Å². The first-order valence-electron chi connectivity index (χ1n) is 14.8. The van der Waals surface area contributed by atoms with Crippen molar-refractivity contribution in [2.24, 2.45) is 0 Å². The maximum atomic E-state index is 14.4. The second-order valence-corrected chi connectivity index (χ2v) is 13.5. The summed E-state index contributed by atoms with van der Waals surface area (Å²) in [7, 11) is 0. The van der Waals surface area contributed by atoms with Crippen LogP contribution in [-0.2, 0) is 18.3 Å². The molecule has 8 nitrogen and oxygen atoms in total. The van der Waals surface area contributed by atoms with Crippen molar-refractivity contribution in [1.29, 1.82) is 0 Å². The number of rotatable bonds is 4. The zero-order chi connectivity index (χ0) is 27.2. The maximum Gasteiger partial charge on any atom is 0.318 e. The van der Waals surface area contributed by atoms with Crippen LogP contribution in [0.3, 0.4) is 0 Å². The Labute approximate surface area is 238 Å². The van der Waals surface area contributed by atoms with Crippen LogP contribution in [-0.4, -0.2) is 82.3 Å².